The molecule has 10 heavy (non-hydrogen) atoms. The van der Waals surface area contributed by atoms with Gasteiger partial charge >= 0.3 is 0 Å². The normalized spacial score (nSPS) is 9.00. The van der Waals surface area contributed by atoms with Crippen LogP contribution in [0.3, 0.4) is 0 Å². The second-order valence-electron chi connectivity index (χ2n) is 1.60. The van der Waals surface area contributed by atoms with Crippen LogP contribution in [0, 0.1) is 0 Å². The summed E-state index contributed by atoms with van der Waals surface area (Å²) in [5.74, 6) is 0. The monoisotopic (exact) mass is 150 g/mol. The Morgan fingerprint density at radius 1 is 0.800 bits per heavy atom. The fourth-order valence-corrected chi connectivity index (χ4v) is 0.387. The summed E-state index contributed by atoms with van der Waals surface area (Å²) in [5, 5.41) is 0. The molecule has 62 valence electrons. The number of hydrogen-bond donors (Lipinski definition) is 0. The second kappa shape index (κ2) is 11.6. The van der Waals surface area contributed by atoms with Crippen LogP contribution in [0.4, 0.5) is 0 Å². The maximum Gasteiger partial charge on any atom is 0.0701 e. The third-order valence-electron chi connectivity index (χ3n) is 0.864. The van der Waals surface area contributed by atoms with Gasteiger partial charge in [0.25, 0.3) is 0 Å². The maximum absolute atomic E-state index is 5.06. The second-order valence-corrected chi connectivity index (χ2v) is 1.60. The van der Waals surface area contributed by atoms with Crippen LogP contribution < -0.4 is 0 Å². The molecule has 0 aliphatic carbocycles. The van der Waals surface area contributed by atoms with Gasteiger partial charge in [-0.1, -0.05) is 0 Å². The lowest BCUT2D eigenvalue weighted by Gasteiger charge is -2.00. The van der Waals surface area contributed by atoms with Gasteiger partial charge in [0.2, 0.25) is 0 Å². The average Bonchev–Trinajstić information content (AvgIpc) is 1.89. The number of ether oxygens (including phenoxy) is 3. The Labute approximate surface area is 61.4 Å². The van der Waals surface area contributed by atoms with Crippen LogP contribution in [0.5, 0.6) is 0 Å². The zero-order chi connectivity index (χ0) is 6.95. The fourth-order valence-electron chi connectivity index (χ4n) is 0.387. The molecule has 0 aliphatic rings. The molecule has 0 N–H and O–H groups in total. The molecule has 0 saturated heterocycles. The van der Waals surface area contributed by atoms with Crippen molar-refractivity contribution in [3.63, 3.8) is 0 Å². The van der Waals surface area contributed by atoms with E-state index in [-0.39, 0.29) is 5.48 Å². The number of rotatable bonds is 6. The highest BCUT2D eigenvalue weighted by molar-refractivity contribution is 4.28. The zero-order valence-electron chi connectivity index (χ0n) is 6.46. The van der Waals surface area contributed by atoms with Gasteiger partial charge in [-0.25, -0.2) is 0 Å². The summed E-state index contributed by atoms with van der Waals surface area (Å²) >= 11 is 0. The van der Waals surface area contributed by atoms with E-state index in [1.165, 1.54) is 0 Å². The van der Waals surface area contributed by atoms with Crippen molar-refractivity contribution in [1.82, 2.24) is 0 Å². The Morgan fingerprint density at radius 2 is 1.20 bits per heavy atom. The van der Waals surface area contributed by atoms with Crippen LogP contribution in [-0.4, -0.2) is 40.6 Å². The first-order valence-electron chi connectivity index (χ1n) is 2.97. The van der Waals surface area contributed by atoms with E-state index in [1.807, 2.05) is 0 Å². The van der Waals surface area contributed by atoms with Gasteiger partial charge in [0.15, 0.2) is 0 Å². The largest absolute Gasteiger partial charge is 0.382 e. The molecule has 2 radical (unpaired) electrons. The van der Waals surface area contributed by atoms with Gasteiger partial charge in [0, 0.05) is 19.7 Å². The van der Waals surface area contributed by atoms with E-state index in [1.54, 1.807) is 14.2 Å². The molecule has 4 nitrogen and oxygen atoms in total. The van der Waals surface area contributed by atoms with Gasteiger partial charge in [-0.3, -0.25) is 0 Å². The zero-order valence-corrected chi connectivity index (χ0v) is 6.46. The van der Waals surface area contributed by atoms with Gasteiger partial charge in [0.1, 0.15) is 0 Å². The topological polar surface area (TPSA) is 56.2 Å². The highest BCUT2D eigenvalue weighted by Crippen LogP contribution is 1.75. The van der Waals surface area contributed by atoms with Crippen LogP contribution in [-0.2, 0) is 19.7 Å². The van der Waals surface area contributed by atoms with E-state index < -0.39 is 0 Å². The maximum atomic E-state index is 5.06. The first-order valence-corrected chi connectivity index (χ1v) is 2.97. The lowest BCUT2D eigenvalue weighted by molar-refractivity contribution is 0.0385. The fraction of sp³-hybridized carbons (Fsp3) is 1.00. The SMILES string of the molecule is COCCOCCOC.[O]. The lowest BCUT2D eigenvalue weighted by atomic mass is 10.7. The molecule has 0 rings (SSSR count). The van der Waals surface area contributed by atoms with Crippen molar-refractivity contribution in [3.05, 3.63) is 0 Å². The standard InChI is InChI=1S/C6H14O3.O/c1-7-3-5-9-6-4-8-2;/h3-6H2,1-2H3;. The molecule has 0 atom stereocenters. The molecule has 4 heteroatoms. The van der Waals surface area contributed by atoms with Crippen LogP contribution in [0.25, 0.3) is 0 Å². The van der Waals surface area contributed by atoms with Crippen molar-refractivity contribution in [2.75, 3.05) is 40.6 Å². The predicted octanol–water partition coefficient (Wildman–Crippen LogP) is 0.177. The van der Waals surface area contributed by atoms with Gasteiger partial charge < -0.3 is 14.2 Å². The van der Waals surface area contributed by atoms with Crippen molar-refractivity contribution in [3.8, 4) is 0 Å². The lowest BCUT2D eigenvalue weighted by Crippen LogP contribution is -2.06. The Morgan fingerprint density at radius 3 is 1.50 bits per heavy atom. The summed E-state index contributed by atoms with van der Waals surface area (Å²) < 4.78 is 14.6. The first kappa shape index (κ1) is 12.5. The van der Waals surface area contributed by atoms with Crippen LogP contribution in [0.1, 0.15) is 0 Å². The Balaban J connectivity index is 0. The van der Waals surface area contributed by atoms with E-state index >= 15 is 0 Å². The van der Waals surface area contributed by atoms with Crippen molar-refractivity contribution in [2.45, 2.75) is 0 Å². The molecule has 0 unspecified atom stereocenters. The van der Waals surface area contributed by atoms with Crippen molar-refractivity contribution < 1.29 is 19.7 Å². The summed E-state index contributed by atoms with van der Waals surface area (Å²) in [5.41, 5.74) is 0. The van der Waals surface area contributed by atoms with Gasteiger partial charge in [-0.05, 0) is 0 Å². The highest BCUT2D eigenvalue weighted by Gasteiger charge is 1.84. The van der Waals surface area contributed by atoms with Gasteiger partial charge in [-0.2, -0.15) is 0 Å². The van der Waals surface area contributed by atoms with Crippen molar-refractivity contribution >= 4 is 0 Å². The molecule has 0 fully saturated rings. The van der Waals surface area contributed by atoms with Gasteiger partial charge in [-0.15, -0.1) is 0 Å². The van der Waals surface area contributed by atoms with E-state index in [2.05, 4.69) is 0 Å². The molecule has 0 saturated carbocycles. The molecule has 0 amide bonds. The summed E-state index contributed by atoms with van der Waals surface area (Å²) in [6, 6.07) is 0. The third-order valence-corrected chi connectivity index (χ3v) is 0.864. The number of hydrogen-bond acceptors (Lipinski definition) is 3. The van der Waals surface area contributed by atoms with E-state index in [4.69, 9.17) is 14.2 Å². The number of methoxy groups -OCH3 is 2. The van der Waals surface area contributed by atoms with Crippen LogP contribution >= 0.6 is 0 Å². The molecule has 0 aromatic rings. The van der Waals surface area contributed by atoms with Crippen LogP contribution in [0.2, 0.25) is 0 Å². The Hall–Kier alpha value is -0.160. The third kappa shape index (κ3) is 10.8. The molecular formula is C6H14O4. The smallest absolute Gasteiger partial charge is 0.0701 e. The summed E-state index contributed by atoms with van der Waals surface area (Å²) in [4.78, 5) is 0. The minimum absolute atomic E-state index is 0. The molecule has 0 spiro atoms. The van der Waals surface area contributed by atoms with Crippen LogP contribution in [0.15, 0.2) is 0 Å². The molecule has 0 aromatic carbocycles. The van der Waals surface area contributed by atoms with Gasteiger partial charge in [0.05, 0.1) is 26.4 Å². The minimum Gasteiger partial charge on any atom is -0.382 e. The molecular weight excluding hydrogens is 136 g/mol. The predicted molar refractivity (Wildman–Crippen MR) is 35.3 cm³/mol. The average molecular weight is 150 g/mol. The van der Waals surface area contributed by atoms with E-state index in [0.29, 0.717) is 26.4 Å². The van der Waals surface area contributed by atoms with Crippen molar-refractivity contribution in [2.24, 2.45) is 0 Å². The minimum atomic E-state index is 0. The molecule has 0 aliphatic heterocycles. The van der Waals surface area contributed by atoms with E-state index in [0.717, 1.165) is 0 Å². The Bertz CT molecular complexity index is 43.0. The summed E-state index contributed by atoms with van der Waals surface area (Å²) in [6.07, 6.45) is 0. The quantitative estimate of drug-likeness (QED) is 0.507. The van der Waals surface area contributed by atoms with Crippen molar-refractivity contribution in [1.29, 1.82) is 0 Å². The molecule has 0 aromatic heterocycles. The highest BCUT2D eigenvalue weighted by atomic mass is 16.5. The molecule has 0 bridgehead atoms. The Kier molecular flexibility index (Phi) is 14.5. The summed E-state index contributed by atoms with van der Waals surface area (Å²) in [7, 11) is 3.30. The molecule has 0 heterocycles. The summed E-state index contributed by atoms with van der Waals surface area (Å²) in [6.45, 7) is 2.62. The van der Waals surface area contributed by atoms with E-state index in [9.17, 15) is 0 Å². The first-order chi connectivity index (χ1) is 4.41.